The average Bonchev–Trinajstić information content (AvgIpc) is 2.49. The van der Waals surface area contributed by atoms with Crippen molar-refractivity contribution in [3.8, 4) is 0 Å². The minimum absolute atomic E-state index is 0.0969. The predicted octanol–water partition coefficient (Wildman–Crippen LogP) is 2.23. The molecule has 0 aromatic carbocycles. The van der Waals surface area contributed by atoms with Crippen LogP contribution < -0.4 is 5.32 Å². The molecule has 1 atom stereocenters. The maximum absolute atomic E-state index is 12.0. The second-order valence-corrected chi connectivity index (χ2v) is 5.64. The van der Waals surface area contributed by atoms with Crippen LogP contribution in [0.3, 0.4) is 0 Å². The van der Waals surface area contributed by atoms with Crippen molar-refractivity contribution >= 4 is 12.0 Å². The lowest BCUT2D eigenvalue weighted by atomic mass is 9.98. The van der Waals surface area contributed by atoms with E-state index >= 15 is 0 Å². The SMILES string of the molecule is CCC(C)N(CC(=O)O)C(=O)NCCOC1CCCCC1. The molecule has 122 valence electrons. The Morgan fingerprint density at radius 1 is 1.33 bits per heavy atom. The highest BCUT2D eigenvalue weighted by Crippen LogP contribution is 2.19. The van der Waals surface area contributed by atoms with Crippen molar-refractivity contribution in [2.75, 3.05) is 19.7 Å². The summed E-state index contributed by atoms with van der Waals surface area (Å²) in [6.07, 6.45) is 6.97. The maximum atomic E-state index is 12.0. The van der Waals surface area contributed by atoms with Crippen molar-refractivity contribution in [1.29, 1.82) is 0 Å². The van der Waals surface area contributed by atoms with Gasteiger partial charge in [0.2, 0.25) is 0 Å². The predicted molar refractivity (Wildman–Crippen MR) is 80.3 cm³/mol. The number of hydrogen-bond acceptors (Lipinski definition) is 3. The number of carbonyl (C=O) groups is 2. The Morgan fingerprint density at radius 2 is 2.00 bits per heavy atom. The molecule has 0 spiro atoms. The van der Waals surface area contributed by atoms with Crippen LogP contribution >= 0.6 is 0 Å². The molecule has 0 aromatic heterocycles. The molecule has 1 saturated carbocycles. The molecule has 1 fully saturated rings. The van der Waals surface area contributed by atoms with Gasteiger partial charge in [-0.1, -0.05) is 26.2 Å². The van der Waals surface area contributed by atoms with E-state index in [9.17, 15) is 9.59 Å². The third-order valence-corrected chi connectivity index (χ3v) is 3.97. The summed E-state index contributed by atoms with van der Waals surface area (Å²) < 4.78 is 5.73. The van der Waals surface area contributed by atoms with Crippen LogP contribution in [0.15, 0.2) is 0 Å². The molecule has 21 heavy (non-hydrogen) atoms. The van der Waals surface area contributed by atoms with Crippen LogP contribution in [0.1, 0.15) is 52.4 Å². The van der Waals surface area contributed by atoms with Gasteiger partial charge in [-0.2, -0.15) is 0 Å². The second kappa shape index (κ2) is 9.60. The normalized spacial score (nSPS) is 17.2. The Kier molecular flexibility index (Phi) is 8.12. The largest absolute Gasteiger partial charge is 0.480 e. The van der Waals surface area contributed by atoms with Gasteiger partial charge >= 0.3 is 12.0 Å². The van der Waals surface area contributed by atoms with Crippen LogP contribution in [0.2, 0.25) is 0 Å². The third kappa shape index (κ3) is 6.80. The fourth-order valence-corrected chi connectivity index (χ4v) is 2.51. The molecule has 0 heterocycles. The number of nitrogens with one attached hydrogen (secondary N) is 1. The lowest BCUT2D eigenvalue weighted by Crippen LogP contribution is -2.48. The first kappa shape index (κ1) is 17.8. The van der Waals surface area contributed by atoms with Gasteiger partial charge in [-0.15, -0.1) is 0 Å². The van der Waals surface area contributed by atoms with Gasteiger partial charge in [0, 0.05) is 12.6 Å². The summed E-state index contributed by atoms with van der Waals surface area (Å²) in [5.74, 6) is -0.996. The van der Waals surface area contributed by atoms with Crippen molar-refractivity contribution in [2.45, 2.75) is 64.5 Å². The van der Waals surface area contributed by atoms with Crippen LogP contribution in [0.4, 0.5) is 4.79 Å². The Balaban J connectivity index is 2.27. The number of carboxylic acid groups (broad SMARTS) is 1. The summed E-state index contributed by atoms with van der Waals surface area (Å²) in [7, 11) is 0. The van der Waals surface area contributed by atoms with Crippen molar-refractivity contribution in [3.05, 3.63) is 0 Å². The van der Waals surface area contributed by atoms with Crippen LogP contribution in [0.5, 0.6) is 0 Å². The molecule has 1 aliphatic rings. The zero-order valence-corrected chi connectivity index (χ0v) is 13.1. The van der Waals surface area contributed by atoms with E-state index in [-0.39, 0.29) is 18.6 Å². The molecule has 1 rings (SSSR count). The fourth-order valence-electron chi connectivity index (χ4n) is 2.51. The molecule has 2 amide bonds. The van der Waals surface area contributed by atoms with Crippen LogP contribution in [-0.2, 0) is 9.53 Å². The number of amides is 2. The highest BCUT2D eigenvalue weighted by molar-refractivity contribution is 5.80. The first-order valence-electron chi connectivity index (χ1n) is 7.92. The van der Waals surface area contributed by atoms with E-state index in [4.69, 9.17) is 9.84 Å². The average molecular weight is 300 g/mol. The van der Waals surface area contributed by atoms with Gasteiger partial charge in [-0.05, 0) is 26.2 Å². The number of hydrogen-bond donors (Lipinski definition) is 2. The van der Waals surface area contributed by atoms with Crippen LogP contribution in [-0.4, -0.2) is 53.8 Å². The number of carboxylic acids is 1. The Bertz CT molecular complexity index is 330. The maximum Gasteiger partial charge on any atom is 0.323 e. The fraction of sp³-hybridized carbons (Fsp3) is 0.867. The van der Waals surface area contributed by atoms with E-state index in [1.54, 1.807) is 0 Å². The van der Waals surface area contributed by atoms with E-state index in [1.165, 1.54) is 24.2 Å². The molecule has 0 aromatic rings. The minimum Gasteiger partial charge on any atom is -0.480 e. The van der Waals surface area contributed by atoms with E-state index in [2.05, 4.69) is 5.32 Å². The van der Waals surface area contributed by atoms with Crippen LogP contribution in [0, 0.1) is 0 Å². The lowest BCUT2D eigenvalue weighted by molar-refractivity contribution is -0.138. The van der Waals surface area contributed by atoms with Crippen LogP contribution in [0.25, 0.3) is 0 Å². The van der Waals surface area contributed by atoms with E-state index in [0.29, 0.717) is 19.3 Å². The molecule has 1 aliphatic carbocycles. The highest BCUT2D eigenvalue weighted by atomic mass is 16.5. The summed E-state index contributed by atoms with van der Waals surface area (Å²) in [5, 5.41) is 11.6. The topological polar surface area (TPSA) is 78.9 Å². The van der Waals surface area contributed by atoms with E-state index < -0.39 is 5.97 Å². The summed E-state index contributed by atoms with van der Waals surface area (Å²) in [5.41, 5.74) is 0. The summed E-state index contributed by atoms with van der Waals surface area (Å²) in [6.45, 7) is 4.41. The van der Waals surface area contributed by atoms with Gasteiger partial charge < -0.3 is 20.1 Å². The smallest absolute Gasteiger partial charge is 0.323 e. The minimum atomic E-state index is -0.996. The zero-order valence-electron chi connectivity index (χ0n) is 13.1. The summed E-state index contributed by atoms with van der Waals surface area (Å²) in [4.78, 5) is 24.2. The number of nitrogens with zero attached hydrogens (tertiary/aromatic N) is 1. The molecular weight excluding hydrogens is 272 g/mol. The van der Waals surface area contributed by atoms with Gasteiger partial charge in [0.15, 0.2) is 0 Å². The van der Waals surface area contributed by atoms with Gasteiger partial charge in [-0.25, -0.2) is 4.79 Å². The van der Waals surface area contributed by atoms with Gasteiger partial charge in [-0.3, -0.25) is 4.79 Å². The first-order chi connectivity index (χ1) is 10.0. The Morgan fingerprint density at radius 3 is 2.57 bits per heavy atom. The van der Waals surface area contributed by atoms with E-state index in [1.807, 2.05) is 13.8 Å². The van der Waals surface area contributed by atoms with E-state index in [0.717, 1.165) is 19.3 Å². The standard InChI is InChI=1S/C15H28N2O4/c1-3-12(2)17(11-14(18)19)15(20)16-9-10-21-13-7-5-4-6-8-13/h12-13H,3-11H2,1-2H3,(H,16,20)(H,18,19). The van der Waals surface area contributed by atoms with Crippen molar-refractivity contribution < 1.29 is 19.4 Å². The second-order valence-electron chi connectivity index (χ2n) is 5.64. The monoisotopic (exact) mass is 300 g/mol. The molecule has 1 unspecified atom stereocenters. The molecule has 6 heteroatoms. The third-order valence-electron chi connectivity index (χ3n) is 3.97. The summed E-state index contributed by atoms with van der Waals surface area (Å²) >= 11 is 0. The van der Waals surface area contributed by atoms with Crippen molar-refractivity contribution in [1.82, 2.24) is 10.2 Å². The Labute approximate surface area is 126 Å². The lowest BCUT2D eigenvalue weighted by Gasteiger charge is -2.27. The zero-order chi connectivity index (χ0) is 15.7. The first-order valence-corrected chi connectivity index (χ1v) is 7.92. The molecule has 0 saturated heterocycles. The molecule has 2 N–H and O–H groups in total. The number of carbonyl (C=O) groups excluding carboxylic acids is 1. The van der Waals surface area contributed by atoms with Crippen molar-refractivity contribution in [2.24, 2.45) is 0 Å². The molecule has 6 nitrogen and oxygen atoms in total. The van der Waals surface area contributed by atoms with Gasteiger partial charge in [0.05, 0.1) is 12.7 Å². The summed E-state index contributed by atoms with van der Waals surface area (Å²) in [6, 6.07) is -0.431. The quantitative estimate of drug-likeness (QED) is 0.674. The van der Waals surface area contributed by atoms with Gasteiger partial charge in [0.25, 0.3) is 0 Å². The molecule has 0 bridgehead atoms. The molecular formula is C15H28N2O4. The van der Waals surface area contributed by atoms with Crippen molar-refractivity contribution in [3.63, 3.8) is 0 Å². The molecule has 0 radical (unpaired) electrons. The Hall–Kier alpha value is -1.30. The number of aliphatic carboxylic acids is 1. The number of ether oxygens (including phenoxy) is 1. The number of urea groups is 1. The van der Waals surface area contributed by atoms with Gasteiger partial charge in [0.1, 0.15) is 6.54 Å². The highest BCUT2D eigenvalue weighted by Gasteiger charge is 2.21. The number of rotatable bonds is 8. The molecule has 0 aliphatic heterocycles.